The summed E-state index contributed by atoms with van der Waals surface area (Å²) in [5, 5.41) is 0. The Morgan fingerprint density at radius 1 is 1.21 bits per heavy atom. The topological polar surface area (TPSA) is 59.7 Å². The summed E-state index contributed by atoms with van der Waals surface area (Å²) >= 11 is 0. The van der Waals surface area contributed by atoms with E-state index in [0.717, 1.165) is 19.5 Å². The van der Waals surface area contributed by atoms with E-state index in [9.17, 15) is 9.59 Å². The van der Waals surface area contributed by atoms with Crippen molar-refractivity contribution in [1.29, 1.82) is 0 Å². The summed E-state index contributed by atoms with van der Waals surface area (Å²) in [4.78, 5) is 29.1. The highest BCUT2D eigenvalue weighted by Crippen LogP contribution is 2.23. The SMILES string of the molecule is CO[C@H]1C[C@@H](CN2CCCC2)N(Cc2cn(C)c(=O)n(C)c2=O)C1. The molecule has 0 spiro atoms. The lowest BCUT2D eigenvalue weighted by molar-refractivity contribution is 0.107. The van der Waals surface area contributed by atoms with Crippen LogP contribution in [-0.2, 0) is 25.4 Å². The van der Waals surface area contributed by atoms with Crippen LogP contribution in [0.2, 0.25) is 0 Å². The van der Waals surface area contributed by atoms with E-state index in [1.165, 1.54) is 42.1 Å². The Morgan fingerprint density at radius 2 is 1.92 bits per heavy atom. The Kier molecular flexibility index (Phi) is 5.22. The van der Waals surface area contributed by atoms with Crippen LogP contribution in [0.15, 0.2) is 15.8 Å². The standard InChI is InChI=1S/C17H28N4O3/c1-18-9-13(16(22)19(2)17(18)23)10-21-12-15(24-3)8-14(21)11-20-6-4-5-7-20/h9,14-15H,4-8,10-12H2,1-3H3/t14-,15-/m0/s1. The summed E-state index contributed by atoms with van der Waals surface area (Å²) in [5.41, 5.74) is 0.190. The molecule has 2 atom stereocenters. The second-order valence-electron chi connectivity index (χ2n) is 7.10. The van der Waals surface area contributed by atoms with Gasteiger partial charge in [0.2, 0.25) is 0 Å². The summed E-state index contributed by atoms with van der Waals surface area (Å²) in [6.45, 7) is 4.78. The molecule has 0 bridgehead atoms. The molecule has 0 saturated carbocycles. The number of ether oxygens (including phenoxy) is 1. The quantitative estimate of drug-likeness (QED) is 0.743. The fraction of sp³-hybridized carbons (Fsp3) is 0.765. The van der Waals surface area contributed by atoms with Crippen LogP contribution in [0.5, 0.6) is 0 Å². The Labute approximate surface area is 142 Å². The molecule has 1 aromatic rings. The summed E-state index contributed by atoms with van der Waals surface area (Å²) < 4.78 is 8.24. The zero-order chi connectivity index (χ0) is 17.3. The monoisotopic (exact) mass is 336 g/mol. The van der Waals surface area contributed by atoms with Gasteiger partial charge in [0, 0.05) is 58.6 Å². The minimum absolute atomic E-state index is 0.195. The van der Waals surface area contributed by atoms with Crippen molar-refractivity contribution in [3.8, 4) is 0 Å². The molecular formula is C17H28N4O3. The van der Waals surface area contributed by atoms with Crippen molar-refractivity contribution < 1.29 is 4.74 Å². The molecule has 0 aromatic carbocycles. The van der Waals surface area contributed by atoms with E-state index >= 15 is 0 Å². The van der Waals surface area contributed by atoms with E-state index in [1.54, 1.807) is 20.4 Å². The molecule has 1 aromatic heterocycles. The van der Waals surface area contributed by atoms with Crippen molar-refractivity contribution in [2.24, 2.45) is 14.1 Å². The van der Waals surface area contributed by atoms with E-state index in [4.69, 9.17) is 4.74 Å². The van der Waals surface area contributed by atoms with Gasteiger partial charge < -0.3 is 14.2 Å². The Balaban J connectivity index is 1.78. The molecule has 2 fully saturated rings. The minimum Gasteiger partial charge on any atom is -0.380 e. The van der Waals surface area contributed by atoms with Crippen LogP contribution >= 0.6 is 0 Å². The second-order valence-corrected chi connectivity index (χ2v) is 7.10. The molecule has 134 valence electrons. The Bertz CT molecular complexity index is 690. The smallest absolute Gasteiger partial charge is 0.330 e. The molecule has 0 N–H and O–H groups in total. The lowest BCUT2D eigenvalue weighted by Gasteiger charge is -2.28. The molecule has 0 unspecified atom stereocenters. The highest BCUT2D eigenvalue weighted by Gasteiger charge is 2.34. The summed E-state index contributed by atoms with van der Waals surface area (Å²) in [7, 11) is 4.99. The maximum atomic E-state index is 12.4. The van der Waals surface area contributed by atoms with Crippen LogP contribution < -0.4 is 11.2 Å². The molecule has 3 heterocycles. The third-order valence-corrected chi connectivity index (χ3v) is 5.38. The Hall–Kier alpha value is -1.44. The molecule has 0 amide bonds. The van der Waals surface area contributed by atoms with Crippen molar-refractivity contribution in [3.05, 3.63) is 32.6 Å². The normalized spacial score (nSPS) is 25.6. The van der Waals surface area contributed by atoms with Gasteiger partial charge in [-0.05, 0) is 32.4 Å². The molecule has 0 radical (unpaired) electrons. The third kappa shape index (κ3) is 3.48. The van der Waals surface area contributed by atoms with Gasteiger partial charge >= 0.3 is 5.69 Å². The zero-order valence-corrected chi connectivity index (χ0v) is 14.9. The molecule has 3 rings (SSSR count). The number of aryl methyl sites for hydroxylation is 1. The molecule has 0 aliphatic carbocycles. The van der Waals surface area contributed by atoms with Gasteiger partial charge in [-0.3, -0.25) is 14.3 Å². The molecule has 7 nitrogen and oxygen atoms in total. The van der Waals surface area contributed by atoms with Crippen LogP contribution in [-0.4, -0.2) is 64.4 Å². The summed E-state index contributed by atoms with van der Waals surface area (Å²) in [6.07, 6.45) is 5.45. The van der Waals surface area contributed by atoms with Gasteiger partial charge in [0.1, 0.15) is 0 Å². The molecule has 2 saturated heterocycles. The van der Waals surface area contributed by atoms with Crippen molar-refractivity contribution in [2.45, 2.75) is 38.0 Å². The molecule has 24 heavy (non-hydrogen) atoms. The number of methoxy groups -OCH3 is 1. The fourth-order valence-electron chi connectivity index (χ4n) is 3.97. The lowest BCUT2D eigenvalue weighted by atomic mass is 10.2. The van der Waals surface area contributed by atoms with Crippen molar-refractivity contribution >= 4 is 0 Å². The first-order valence-electron chi connectivity index (χ1n) is 8.74. The highest BCUT2D eigenvalue weighted by molar-refractivity contribution is 5.07. The number of aromatic nitrogens is 2. The number of rotatable bonds is 5. The van der Waals surface area contributed by atoms with Crippen LogP contribution in [0.3, 0.4) is 0 Å². The average Bonchev–Trinajstić information content (AvgIpc) is 3.21. The van der Waals surface area contributed by atoms with Gasteiger partial charge in [-0.1, -0.05) is 0 Å². The first-order valence-corrected chi connectivity index (χ1v) is 8.74. The number of hydrogen-bond acceptors (Lipinski definition) is 5. The summed E-state index contributed by atoms with van der Waals surface area (Å²) in [5.74, 6) is 0. The van der Waals surface area contributed by atoms with Crippen LogP contribution in [0.1, 0.15) is 24.8 Å². The Morgan fingerprint density at radius 3 is 2.58 bits per heavy atom. The average molecular weight is 336 g/mol. The summed E-state index contributed by atoms with van der Waals surface area (Å²) in [6, 6.07) is 0.398. The first kappa shape index (κ1) is 17.4. The van der Waals surface area contributed by atoms with E-state index in [-0.39, 0.29) is 17.4 Å². The first-order chi connectivity index (χ1) is 11.5. The van der Waals surface area contributed by atoms with Crippen LogP contribution in [0.4, 0.5) is 0 Å². The van der Waals surface area contributed by atoms with Crippen molar-refractivity contribution in [1.82, 2.24) is 18.9 Å². The van der Waals surface area contributed by atoms with E-state index < -0.39 is 0 Å². The number of hydrogen-bond donors (Lipinski definition) is 0. The largest absolute Gasteiger partial charge is 0.380 e. The van der Waals surface area contributed by atoms with Gasteiger partial charge in [-0.15, -0.1) is 0 Å². The second kappa shape index (κ2) is 7.21. The zero-order valence-electron chi connectivity index (χ0n) is 14.9. The van der Waals surface area contributed by atoms with Gasteiger partial charge in [-0.2, -0.15) is 0 Å². The molecule has 7 heteroatoms. The predicted octanol–water partition coefficient (Wildman–Crippen LogP) is -0.231. The van der Waals surface area contributed by atoms with Crippen LogP contribution in [0.25, 0.3) is 0 Å². The van der Waals surface area contributed by atoms with Crippen LogP contribution in [0, 0.1) is 0 Å². The number of nitrogens with zero attached hydrogens (tertiary/aromatic N) is 4. The maximum Gasteiger partial charge on any atom is 0.330 e. The fourth-order valence-corrected chi connectivity index (χ4v) is 3.97. The van der Waals surface area contributed by atoms with Crippen molar-refractivity contribution in [2.75, 3.05) is 33.3 Å². The van der Waals surface area contributed by atoms with Gasteiger partial charge in [0.25, 0.3) is 5.56 Å². The third-order valence-electron chi connectivity index (χ3n) is 5.38. The van der Waals surface area contributed by atoms with Gasteiger partial charge in [0.05, 0.1) is 6.10 Å². The van der Waals surface area contributed by atoms with E-state index in [1.807, 2.05) is 0 Å². The molecular weight excluding hydrogens is 308 g/mol. The lowest BCUT2D eigenvalue weighted by Crippen LogP contribution is -2.43. The molecule has 2 aliphatic heterocycles. The van der Waals surface area contributed by atoms with E-state index in [2.05, 4.69) is 9.80 Å². The van der Waals surface area contributed by atoms with Gasteiger partial charge in [-0.25, -0.2) is 4.79 Å². The van der Waals surface area contributed by atoms with E-state index in [0.29, 0.717) is 18.2 Å². The predicted molar refractivity (Wildman–Crippen MR) is 92.2 cm³/mol. The molecule has 2 aliphatic rings. The van der Waals surface area contributed by atoms with Gasteiger partial charge in [0.15, 0.2) is 0 Å². The maximum absolute atomic E-state index is 12.4. The highest BCUT2D eigenvalue weighted by atomic mass is 16.5. The van der Waals surface area contributed by atoms with Crippen molar-refractivity contribution in [3.63, 3.8) is 0 Å². The number of likely N-dealkylation sites (tertiary alicyclic amines) is 2. The minimum atomic E-state index is -0.284.